The van der Waals surface area contributed by atoms with Crippen LogP contribution in [0.2, 0.25) is 0 Å². The lowest BCUT2D eigenvalue weighted by atomic mass is 9.98. The largest absolute Gasteiger partial charge is 0.469 e. The van der Waals surface area contributed by atoms with Crippen LogP contribution in [0.25, 0.3) is 0 Å². The molecule has 0 saturated carbocycles. The van der Waals surface area contributed by atoms with Gasteiger partial charge in [0.05, 0.1) is 13.0 Å². The third kappa shape index (κ3) is 4.24. The van der Waals surface area contributed by atoms with E-state index in [2.05, 4.69) is 17.9 Å². The van der Waals surface area contributed by atoms with Gasteiger partial charge in [0, 0.05) is 24.6 Å². The summed E-state index contributed by atoms with van der Waals surface area (Å²) in [5, 5.41) is 0. The lowest BCUT2D eigenvalue weighted by Gasteiger charge is -2.18. The Morgan fingerprint density at radius 3 is 2.35 bits per heavy atom. The predicted octanol–water partition coefficient (Wildman–Crippen LogP) is 1.41. The standard InChI is InChI=1S/C14H14O6/c1-4-12(15)19-10-6-9(14(17)18-3)7-11(8-10)20-13(16)5-2/h4-6,8-9H,1-2,7H2,3H3. The van der Waals surface area contributed by atoms with Gasteiger partial charge in [-0.3, -0.25) is 4.79 Å². The summed E-state index contributed by atoms with van der Waals surface area (Å²) in [5.41, 5.74) is 0. The van der Waals surface area contributed by atoms with Gasteiger partial charge in [0.25, 0.3) is 0 Å². The minimum atomic E-state index is -0.703. The van der Waals surface area contributed by atoms with Crippen LogP contribution in [0.1, 0.15) is 6.42 Å². The number of methoxy groups -OCH3 is 1. The second kappa shape index (κ2) is 7.08. The molecule has 0 aliphatic heterocycles. The molecule has 1 rings (SSSR count). The summed E-state index contributed by atoms with van der Waals surface area (Å²) < 4.78 is 14.5. The number of hydrogen-bond acceptors (Lipinski definition) is 6. The number of carbonyl (C=O) groups is 3. The van der Waals surface area contributed by atoms with Crippen LogP contribution < -0.4 is 0 Å². The van der Waals surface area contributed by atoms with Crippen molar-refractivity contribution in [2.24, 2.45) is 5.92 Å². The molecule has 6 heteroatoms. The van der Waals surface area contributed by atoms with Crippen molar-refractivity contribution < 1.29 is 28.6 Å². The molecule has 20 heavy (non-hydrogen) atoms. The van der Waals surface area contributed by atoms with Crippen LogP contribution >= 0.6 is 0 Å². The molecular formula is C14H14O6. The Kier molecular flexibility index (Phi) is 5.46. The number of carbonyl (C=O) groups excluding carboxylic acids is 3. The third-order valence-corrected chi connectivity index (χ3v) is 2.38. The highest BCUT2D eigenvalue weighted by molar-refractivity contribution is 5.84. The molecule has 0 aromatic heterocycles. The van der Waals surface area contributed by atoms with E-state index in [1.807, 2.05) is 0 Å². The Hall–Kier alpha value is -2.63. The number of rotatable bonds is 5. The maximum atomic E-state index is 11.6. The number of allylic oxidation sites excluding steroid dienone is 2. The quantitative estimate of drug-likeness (QED) is 0.430. The summed E-state index contributed by atoms with van der Waals surface area (Å²) in [6, 6.07) is 0. The van der Waals surface area contributed by atoms with E-state index in [1.54, 1.807) is 0 Å². The van der Waals surface area contributed by atoms with Crippen LogP contribution in [-0.4, -0.2) is 25.0 Å². The molecule has 0 fully saturated rings. The second-order valence-corrected chi connectivity index (χ2v) is 3.76. The highest BCUT2D eigenvalue weighted by Gasteiger charge is 2.26. The molecule has 1 aliphatic carbocycles. The first-order valence-corrected chi connectivity index (χ1v) is 5.68. The van der Waals surface area contributed by atoms with Gasteiger partial charge >= 0.3 is 17.9 Å². The first-order chi connectivity index (χ1) is 9.49. The highest BCUT2D eigenvalue weighted by atomic mass is 16.6. The molecule has 1 atom stereocenters. The molecular weight excluding hydrogens is 264 g/mol. The minimum Gasteiger partial charge on any atom is -0.469 e. The molecule has 6 nitrogen and oxygen atoms in total. The van der Waals surface area contributed by atoms with Gasteiger partial charge in [-0.25, -0.2) is 9.59 Å². The van der Waals surface area contributed by atoms with E-state index in [1.165, 1.54) is 19.3 Å². The zero-order valence-electron chi connectivity index (χ0n) is 11.0. The normalized spacial score (nSPS) is 17.1. The maximum Gasteiger partial charge on any atom is 0.335 e. The number of ether oxygens (including phenoxy) is 3. The van der Waals surface area contributed by atoms with Gasteiger partial charge in [-0.1, -0.05) is 13.2 Å². The monoisotopic (exact) mass is 278 g/mol. The van der Waals surface area contributed by atoms with Gasteiger partial charge < -0.3 is 14.2 Å². The van der Waals surface area contributed by atoms with E-state index < -0.39 is 23.8 Å². The Labute approximate surface area is 116 Å². The van der Waals surface area contributed by atoms with Crippen molar-refractivity contribution in [3.63, 3.8) is 0 Å². The summed E-state index contributed by atoms with van der Waals surface area (Å²) in [6.07, 6.45) is 4.86. The maximum absolute atomic E-state index is 11.6. The van der Waals surface area contributed by atoms with Gasteiger partial charge in [0.1, 0.15) is 11.5 Å². The van der Waals surface area contributed by atoms with Crippen molar-refractivity contribution in [3.05, 3.63) is 49.0 Å². The van der Waals surface area contributed by atoms with Crippen molar-refractivity contribution >= 4 is 17.9 Å². The van der Waals surface area contributed by atoms with Gasteiger partial charge in [0.15, 0.2) is 0 Å². The van der Waals surface area contributed by atoms with Gasteiger partial charge in [0.2, 0.25) is 0 Å². The SMILES string of the molecule is C=CC(=O)OC1=CC(C(=O)OC)CC(OC(=O)C=C)=C1. The fourth-order valence-electron chi connectivity index (χ4n) is 1.51. The van der Waals surface area contributed by atoms with Crippen molar-refractivity contribution in [2.75, 3.05) is 7.11 Å². The van der Waals surface area contributed by atoms with Crippen molar-refractivity contribution in [1.29, 1.82) is 0 Å². The van der Waals surface area contributed by atoms with Crippen LogP contribution in [0.15, 0.2) is 49.0 Å². The molecule has 0 heterocycles. The Morgan fingerprint density at radius 1 is 1.20 bits per heavy atom. The van der Waals surface area contributed by atoms with Crippen LogP contribution in [0, 0.1) is 5.92 Å². The lowest BCUT2D eigenvalue weighted by Crippen LogP contribution is -2.20. The van der Waals surface area contributed by atoms with Crippen LogP contribution in [0.4, 0.5) is 0 Å². The van der Waals surface area contributed by atoms with E-state index in [-0.39, 0.29) is 17.9 Å². The summed E-state index contributed by atoms with van der Waals surface area (Å²) in [4.78, 5) is 33.9. The molecule has 0 amide bonds. The van der Waals surface area contributed by atoms with E-state index in [0.29, 0.717) is 0 Å². The van der Waals surface area contributed by atoms with E-state index >= 15 is 0 Å². The predicted molar refractivity (Wildman–Crippen MR) is 68.9 cm³/mol. The molecule has 1 unspecified atom stereocenters. The summed E-state index contributed by atoms with van der Waals surface area (Å²) in [5.74, 6) is -2.32. The van der Waals surface area contributed by atoms with Crippen LogP contribution in [0.5, 0.6) is 0 Å². The summed E-state index contributed by atoms with van der Waals surface area (Å²) in [7, 11) is 1.24. The molecule has 0 aromatic rings. The van der Waals surface area contributed by atoms with E-state index in [0.717, 1.165) is 12.2 Å². The smallest absolute Gasteiger partial charge is 0.335 e. The molecule has 1 aliphatic rings. The lowest BCUT2D eigenvalue weighted by molar-refractivity contribution is -0.145. The zero-order chi connectivity index (χ0) is 15.1. The van der Waals surface area contributed by atoms with Gasteiger partial charge in [-0.05, 0) is 6.08 Å². The zero-order valence-corrected chi connectivity index (χ0v) is 11.0. The van der Waals surface area contributed by atoms with E-state index in [9.17, 15) is 14.4 Å². The molecule has 0 N–H and O–H groups in total. The Bertz CT molecular complexity index is 512. The molecule has 0 radical (unpaired) electrons. The van der Waals surface area contributed by atoms with E-state index in [4.69, 9.17) is 9.47 Å². The fraction of sp³-hybridized carbons (Fsp3) is 0.214. The Balaban J connectivity index is 2.95. The highest BCUT2D eigenvalue weighted by Crippen LogP contribution is 2.25. The average molecular weight is 278 g/mol. The third-order valence-electron chi connectivity index (χ3n) is 2.38. The van der Waals surface area contributed by atoms with Crippen molar-refractivity contribution in [1.82, 2.24) is 0 Å². The topological polar surface area (TPSA) is 78.9 Å². The summed E-state index contributed by atoms with van der Waals surface area (Å²) in [6.45, 7) is 6.53. The molecule has 0 bridgehead atoms. The number of hydrogen-bond donors (Lipinski definition) is 0. The number of esters is 3. The van der Waals surface area contributed by atoms with Crippen molar-refractivity contribution in [2.45, 2.75) is 6.42 Å². The minimum absolute atomic E-state index is 0.0865. The van der Waals surface area contributed by atoms with Crippen LogP contribution in [0.3, 0.4) is 0 Å². The molecule has 0 saturated heterocycles. The second-order valence-electron chi connectivity index (χ2n) is 3.76. The van der Waals surface area contributed by atoms with Crippen molar-refractivity contribution in [3.8, 4) is 0 Å². The summed E-state index contributed by atoms with van der Waals surface area (Å²) >= 11 is 0. The van der Waals surface area contributed by atoms with Gasteiger partial charge in [-0.2, -0.15) is 0 Å². The molecule has 0 spiro atoms. The van der Waals surface area contributed by atoms with Gasteiger partial charge in [-0.15, -0.1) is 0 Å². The first kappa shape index (κ1) is 15.4. The fourth-order valence-corrected chi connectivity index (χ4v) is 1.51. The molecule has 0 aromatic carbocycles. The first-order valence-electron chi connectivity index (χ1n) is 5.68. The Morgan fingerprint density at radius 2 is 1.80 bits per heavy atom. The van der Waals surface area contributed by atoms with Crippen LogP contribution in [-0.2, 0) is 28.6 Å². The molecule has 106 valence electrons. The average Bonchev–Trinajstić information content (AvgIpc) is 2.45.